The molecule has 0 atom stereocenters. The molecule has 1 aromatic carbocycles. The molecule has 0 radical (unpaired) electrons. The van der Waals surface area contributed by atoms with Crippen LogP contribution in [0.15, 0.2) is 28.8 Å². The van der Waals surface area contributed by atoms with Crippen LogP contribution in [0.2, 0.25) is 0 Å². The highest BCUT2D eigenvalue weighted by Gasteiger charge is 2.09. The Kier molecular flexibility index (Phi) is 4.78. The normalized spacial score (nSPS) is 10.8. The molecule has 0 aliphatic rings. The largest absolute Gasteiger partial charge is 0.396 e. The zero-order valence-corrected chi connectivity index (χ0v) is 11.1. The predicted octanol–water partition coefficient (Wildman–Crippen LogP) is 2.66. The van der Waals surface area contributed by atoms with E-state index in [0.717, 1.165) is 23.3 Å². The van der Waals surface area contributed by atoms with Crippen molar-refractivity contribution >= 4 is 11.8 Å². The summed E-state index contributed by atoms with van der Waals surface area (Å²) in [5.74, 6) is 2.87. The smallest absolute Gasteiger partial charge is 0.236 e. The number of hydrogen-bond acceptors (Lipinski definition) is 5. The Balaban J connectivity index is 2.00. The quantitative estimate of drug-likeness (QED) is 0.813. The number of hydrogen-bond donors (Lipinski definition) is 1. The fraction of sp³-hybridized carbons (Fsp3) is 0.385. The van der Waals surface area contributed by atoms with Gasteiger partial charge in [0.2, 0.25) is 11.7 Å². The molecule has 0 fully saturated rings. The summed E-state index contributed by atoms with van der Waals surface area (Å²) in [5, 5.41) is 12.7. The molecule has 2 aromatic rings. The topological polar surface area (TPSA) is 59.2 Å². The number of thioether (sulfide) groups is 1. The van der Waals surface area contributed by atoms with Gasteiger partial charge < -0.3 is 9.63 Å². The van der Waals surface area contributed by atoms with Crippen LogP contribution in [-0.2, 0) is 5.75 Å². The standard InChI is InChI=1S/C13H16N2O2S/c1-10-5-2-3-6-11(10)13-14-12(17-15-13)9-18-8-4-7-16/h2-3,5-6,16H,4,7-9H2,1H3. The molecular weight excluding hydrogens is 248 g/mol. The molecule has 0 amide bonds. The van der Waals surface area contributed by atoms with E-state index in [1.54, 1.807) is 11.8 Å². The van der Waals surface area contributed by atoms with Gasteiger partial charge in [-0.1, -0.05) is 29.4 Å². The Bertz CT molecular complexity index is 499. The number of nitrogens with zero attached hydrogens (tertiary/aromatic N) is 2. The first-order valence-electron chi connectivity index (χ1n) is 5.88. The summed E-state index contributed by atoms with van der Waals surface area (Å²) in [6.07, 6.45) is 0.795. The summed E-state index contributed by atoms with van der Waals surface area (Å²) in [6.45, 7) is 2.26. The van der Waals surface area contributed by atoms with Gasteiger partial charge in [-0.15, -0.1) is 0 Å². The monoisotopic (exact) mass is 264 g/mol. The van der Waals surface area contributed by atoms with Crippen molar-refractivity contribution in [1.29, 1.82) is 0 Å². The Labute approximate surface area is 110 Å². The van der Waals surface area contributed by atoms with Crippen molar-refractivity contribution in [2.24, 2.45) is 0 Å². The lowest BCUT2D eigenvalue weighted by molar-refractivity contribution is 0.296. The van der Waals surface area contributed by atoms with Gasteiger partial charge in [0.1, 0.15) is 0 Å². The zero-order valence-electron chi connectivity index (χ0n) is 10.3. The third-order valence-corrected chi connectivity index (χ3v) is 3.55. The minimum atomic E-state index is 0.227. The number of aliphatic hydroxyl groups is 1. The SMILES string of the molecule is Cc1ccccc1-c1noc(CSCCCO)n1. The van der Waals surface area contributed by atoms with Gasteiger partial charge in [-0.25, -0.2) is 0 Å². The maximum atomic E-state index is 8.68. The number of aliphatic hydroxyl groups excluding tert-OH is 1. The van der Waals surface area contributed by atoms with Crippen LogP contribution in [-0.4, -0.2) is 27.6 Å². The van der Waals surface area contributed by atoms with Crippen molar-refractivity contribution in [3.8, 4) is 11.4 Å². The van der Waals surface area contributed by atoms with Crippen molar-refractivity contribution in [3.63, 3.8) is 0 Å². The Morgan fingerprint density at radius 2 is 2.17 bits per heavy atom. The molecule has 0 bridgehead atoms. The van der Waals surface area contributed by atoms with Crippen LogP contribution in [0, 0.1) is 6.92 Å². The molecule has 0 aliphatic heterocycles. The second kappa shape index (κ2) is 6.56. The molecular formula is C13H16N2O2S. The minimum absolute atomic E-state index is 0.227. The van der Waals surface area contributed by atoms with Gasteiger partial charge in [0, 0.05) is 12.2 Å². The van der Waals surface area contributed by atoms with Crippen molar-refractivity contribution in [2.45, 2.75) is 19.1 Å². The van der Waals surface area contributed by atoms with E-state index in [9.17, 15) is 0 Å². The molecule has 0 unspecified atom stereocenters. The molecule has 4 nitrogen and oxygen atoms in total. The molecule has 1 N–H and O–H groups in total. The van der Waals surface area contributed by atoms with E-state index in [1.165, 1.54) is 0 Å². The van der Waals surface area contributed by atoms with Crippen molar-refractivity contribution in [2.75, 3.05) is 12.4 Å². The molecule has 5 heteroatoms. The van der Waals surface area contributed by atoms with Gasteiger partial charge in [0.25, 0.3) is 0 Å². The fourth-order valence-electron chi connectivity index (χ4n) is 1.57. The van der Waals surface area contributed by atoms with E-state index in [2.05, 4.69) is 10.1 Å². The summed E-state index contributed by atoms with van der Waals surface area (Å²) < 4.78 is 5.21. The molecule has 0 saturated carbocycles. The van der Waals surface area contributed by atoms with Crippen LogP contribution >= 0.6 is 11.8 Å². The van der Waals surface area contributed by atoms with E-state index < -0.39 is 0 Å². The minimum Gasteiger partial charge on any atom is -0.396 e. The van der Waals surface area contributed by atoms with Crippen LogP contribution in [0.5, 0.6) is 0 Å². The molecule has 0 saturated heterocycles. The Morgan fingerprint density at radius 3 is 2.94 bits per heavy atom. The molecule has 0 spiro atoms. The second-order valence-corrected chi connectivity index (χ2v) is 5.06. The van der Waals surface area contributed by atoms with Gasteiger partial charge in [-0.05, 0) is 24.7 Å². The lowest BCUT2D eigenvalue weighted by Gasteiger charge is -1.98. The Hall–Kier alpha value is -1.33. The summed E-state index contributed by atoms with van der Waals surface area (Å²) in [7, 11) is 0. The summed E-state index contributed by atoms with van der Waals surface area (Å²) in [6, 6.07) is 7.98. The van der Waals surface area contributed by atoms with Crippen molar-refractivity contribution in [1.82, 2.24) is 10.1 Å². The Morgan fingerprint density at radius 1 is 1.33 bits per heavy atom. The van der Waals surface area contributed by atoms with Crippen LogP contribution in [0.4, 0.5) is 0 Å². The first-order chi connectivity index (χ1) is 8.81. The average molecular weight is 264 g/mol. The van der Waals surface area contributed by atoms with Crippen LogP contribution < -0.4 is 0 Å². The maximum Gasteiger partial charge on any atom is 0.236 e. The molecule has 0 aliphatic carbocycles. The first-order valence-corrected chi connectivity index (χ1v) is 7.04. The van der Waals surface area contributed by atoms with Gasteiger partial charge in [-0.3, -0.25) is 0 Å². The highest BCUT2D eigenvalue weighted by atomic mass is 32.2. The molecule has 1 aromatic heterocycles. The lowest BCUT2D eigenvalue weighted by atomic mass is 10.1. The van der Waals surface area contributed by atoms with Gasteiger partial charge >= 0.3 is 0 Å². The van der Waals surface area contributed by atoms with Crippen LogP contribution in [0.3, 0.4) is 0 Å². The summed E-state index contributed by atoms with van der Waals surface area (Å²) >= 11 is 1.69. The third kappa shape index (κ3) is 3.34. The van der Waals surface area contributed by atoms with Crippen molar-refractivity contribution in [3.05, 3.63) is 35.7 Å². The molecule has 1 heterocycles. The fourth-order valence-corrected chi connectivity index (χ4v) is 2.34. The van der Waals surface area contributed by atoms with E-state index in [1.807, 2.05) is 31.2 Å². The number of rotatable bonds is 6. The van der Waals surface area contributed by atoms with E-state index >= 15 is 0 Å². The predicted molar refractivity (Wildman–Crippen MR) is 72.3 cm³/mol. The van der Waals surface area contributed by atoms with Gasteiger partial charge in [-0.2, -0.15) is 16.7 Å². The van der Waals surface area contributed by atoms with Gasteiger partial charge in [0.05, 0.1) is 5.75 Å². The molecule has 96 valence electrons. The maximum absolute atomic E-state index is 8.68. The van der Waals surface area contributed by atoms with E-state index in [4.69, 9.17) is 9.63 Å². The number of aromatic nitrogens is 2. The zero-order chi connectivity index (χ0) is 12.8. The third-order valence-electron chi connectivity index (χ3n) is 2.53. The molecule has 2 rings (SSSR count). The van der Waals surface area contributed by atoms with E-state index in [-0.39, 0.29) is 6.61 Å². The summed E-state index contributed by atoms with van der Waals surface area (Å²) in [4.78, 5) is 4.38. The molecule has 18 heavy (non-hydrogen) atoms. The van der Waals surface area contributed by atoms with Crippen LogP contribution in [0.25, 0.3) is 11.4 Å². The average Bonchev–Trinajstić information content (AvgIpc) is 2.84. The van der Waals surface area contributed by atoms with Crippen molar-refractivity contribution < 1.29 is 9.63 Å². The number of aryl methyl sites for hydroxylation is 1. The van der Waals surface area contributed by atoms with E-state index in [0.29, 0.717) is 17.5 Å². The lowest BCUT2D eigenvalue weighted by Crippen LogP contribution is -1.88. The second-order valence-electron chi connectivity index (χ2n) is 3.96. The first kappa shape index (κ1) is 13.1. The van der Waals surface area contributed by atoms with Crippen LogP contribution in [0.1, 0.15) is 17.9 Å². The number of benzene rings is 1. The highest BCUT2D eigenvalue weighted by molar-refractivity contribution is 7.98. The highest BCUT2D eigenvalue weighted by Crippen LogP contribution is 2.21. The summed E-state index contributed by atoms with van der Waals surface area (Å²) in [5.41, 5.74) is 2.14. The van der Waals surface area contributed by atoms with Gasteiger partial charge in [0.15, 0.2) is 0 Å².